The predicted octanol–water partition coefficient (Wildman–Crippen LogP) is 4.88. The van der Waals surface area contributed by atoms with Gasteiger partial charge in [0.25, 0.3) is 5.56 Å². The van der Waals surface area contributed by atoms with Gasteiger partial charge in [0.1, 0.15) is 12.2 Å². The maximum Gasteiger partial charge on any atom is 0.265 e. The van der Waals surface area contributed by atoms with E-state index in [1.807, 2.05) is 78.9 Å². The van der Waals surface area contributed by atoms with Crippen molar-refractivity contribution in [2.45, 2.75) is 32.3 Å². The third kappa shape index (κ3) is 6.23. The quantitative estimate of drug-likeness (QED) is 0.308. The Hall–Kier alpha value is -3.84. The van der Waals surface area contributed by atoms with E-state index in [0.717, 1.165) is 11.1 Å². The Morgan fingerprint density at radius 3 is 1.89 bits per heavy atom. The van der Waals surface area contributed by atoms with Crippen LogP contribution in [0, 0.1) is 0 Å². The number of aliphatic hydroxyl groups is 1. The topological polar surface area (TPSA) is 77.8 Å². The summed E-state index contributed by atoms with van der Waals surface area (Å²) in [4.78, 5) is 25.6. The molecule has 1 heterocycles. The summed E-state index contributed by atoms with van der Waals surface area (Å²) in [6.07, 6.45) is 0.178. The van der Waals surface area contributed by atoms with Crippen LogP contribution in [-0.2, 0) is 22.7 Å². The summed E-state index contributed by atoms with van der Waals surface area (Å²) in [5, 5.41) is 10.3. The fourth-order valence-electron chi connectivity index (χ4n) is 3.98. The van der Waals surface area contributed by atoms with Crippen LogP contribution < -0.4 is 5.56 Å². The summed E-state index contributed by atoms with van der Waals surface area (Å²) in [7, 11) is 0. The van der Waals surface area contributed by atoms with Crippen molar-refractivity contribution in [2.75, 3.05) is 6.61 Å². The molecule has 0 aliphatic rings. The summed E-state index contributed by atoms with van der Waals surface area (Å²) >= 11 is 0. The highest BCUT2D eigenvalue weighted by molar-refractivity contribution is 5.93. The van der Waals surface area contributed by atoms with Crippen molar-refractivity contribution in [2.24, 2.45) is 0 Å². The number of pyridine rings is 1. The van der Waals surface area contributed by atoms with Gasteiger partial charge in [-0.05, 0) is 36.2 Å². The number of rotatable bonds is 11. The van der Waals surface area contributed by atoms with Crippen molar-refractivity contribution >= 4 is 5.78 Å². The number of ketones is 1. The third-order valence-corrected chi connectivity index (χ3v) is 5.88. The maximum absolute atomic E-state index is 13.1. The molecule has 2 atom stereocenters. The molecule has 1 aromatic heterocycles. The minimum atomic E-state index is -0.743. The lowest BCUT2D eigenvalue weighted by Crippen LogP contribution is -2.31. The van der Waals surface area contributed by atoms with Gasteiger partial charge in [-0.15, -0.1) is 0 Å². The first-order valence-corrected chi connectivity index (χ1v) is 11.8. The lowest BCUT2D eigenvalue weighted by molar-refractivity contribution is -0.106. The maximum atomic E-state index is 13.1. The molecule has 0 aliphatic carbocycles. The molecule has 0 radical (unpaired) electrons. The molecule has 184 valence electrons. The molecule has 4 aromatic rings. The molecule has 4 rings (SSSR count). The molecule has 36 heavy (non-hydrogen) atoms. The van der Waals surface area contributed by atoms with Gasteiger partial charge in [0.15, 0.2) is 5.78 Å². The number of aromatic nitrogens is 1. The molecule has 0 bridgehead atoms. The number of aliphatic hydroxyl groups excluding tert-OH is 1. The molecule has 0 aliphatic heterocycles. The second-order valence-electron chi connectivity index (χ2n) is 8.49. The van der Waals surface area contributed by atoms with E-state index >= 15 is 0 Å². The van der Waals surface area contributed by atoms with Crippen LogP contribution in [0.3, 0.4) is 0 Å². The van der Waals surface area contributed by atoms with E-state index in [4.69, 9.17) is 9.47 Å². The van der Waals surface area contributed by atoms with Gasteiger partial charge >= 0.3 is 0 Å². The molecule has 6 heteroatoms. The highest BCUT2D eigenvalue weighted by Crippen LogP contribution is 2.27. The van der Waals surface area contributed by atoms with Crippen LogP contribution in [0.4, 0.5) is 0 Å². The van der Waals surface area contributed by atoms with Crippen LogP contribution >= 0.6 is 0 Å². The number of Topliss-reactive ketones (excluding diaryl/α,β-unsaturated/α-hetero) is 1. The molecular formula is C30H29NO5. The van der Waals surface area contributed by atoms with Crippen molar-refractivity contribution in [1.29, 1.82) is 0 Å². The summed E-state index contributed by atoms with van der Waals surface area (Å²) < 4.78 is 13.9. The number of nitrogens with zero attached hydrogens (tertiary/aromatic N) is 1. The van der Waals surface area contributed by atoms with Crippen LogP contribution in [0.25, 0.3) is 5.69 Å². The van der Waals surface area contributed by atoms with Crippen molar-refractivity contribution < 1.29 is 19.4 Å². The number of benzene rings is 3. The monoisotopic (exact) mass is 483 g/mol. The Balaban J connectivity index is 1.74. The number of ether oxygens (including phenoxy) is 2. The largest absolute Gasteiger partial charge is 0.394 e. The van der Waals surface area contributed by atoms with Crippen LogP contribution in [0.5, 0.6) is 0 Å². The first-order valence-electron chi connectivity index (χ1n) is 11.8. The summed E-state index contributed by atoms with van der Waals surface area (Å²) in [5.41, 5.74) is 2.72. The number of carbonyl (C=O) groups is 1. The van der Waals surface area contributed by atoms with Crippen LogP contribution in [0.15, 0.2) is 108 Å². The van der Waals surface area contributed by atoms with Crippen molar-refractivity contribution in [1.82, 2.24) is 4.57 Å². The molecule has 0 fully saturated rings. The summed E-state index contributed by atoms with van der Waals surface area (Å²) in [5.74, 6) is -0.348. The Morgan fingerprint density at radius 1 is 0.833 bits per heavy atom. The van der Waals surface area contributed by atoms with Gasteiger partial charge in [-0.3, -0.25) is 14.2 Å². The van der Waals surface area contributed by atoms with Crippen LogP contribution in [-0.4, -0.2) is 28.2 Å². The first-order chi connectivity index (χ1) is 17.6. The fraction of sp³-hybridized carbons (Fsp3) is 0.200. The molecule has 0 spiro atoms. The Morgan fingerprint density at radius 2 is 1.36 bits per heavy atom. The Kier molecular flexibility index (Phi) is 8.57. The minimum Gasteiger partial charge on any atom is -0.394 e. The van der Waals surface area contributed by atoms with Crippen LogP contribution in [0.2, 0.25) is 0 Å². The second-order valence-corrected chi connectivity index (χ2v) is 8.49. The van der Waals surface area contributed by atoms with Gasteiger partial charge in [-0.25, -0.2) is 0 Å². The average molecular weight is 484 g/mol. The highest BCUT2D eigenvalue weighted by atomic mass is 16.5. The van der Waals surface area contributed by atoms with Gasteiger partial charge in [0.05, 0.1) is 25.4 Å². The number of para-hydroxylation sites is 1. The normalized spacial score (nSPS) is 12.7. The molecule has 0 saturated heterocycles. The number of hydrogen-bond donors (Lipinski definition) is 1. The predicted molar refractivity (Wildman–Crippen MR) is 138 cm³/mol. The van der Waals surface area contributed by atoms with Gasteiger partial charge < -0.3 is 14.6 Å². The van der Waals surface area contributed by atoms with E-state index in [9.17, 15) is 14.7 Å². The fourth-order valence-corrected chi connectivity index (χ4v) is 3.98. The van der Waals surface area contributed by atoms with E-state index in [2.05, 4.69) is 0 Å². The zero-order chi connectivity index (χ0) is 25.3. The highest BCUT2D eigenvalue weighted by Gasteiger charge is 2.27. The van der Waals surface area contributed by atoms with Gasteiger partial charge in [0.2, 0.25) is 0 Å². The van der Waals surface area contributed by atoms with Crippen molar-refractivity contribution in [3.8, 4) is 5.69 Å². The zero-order valence-electron chi connectivity index (χ0n) is 20.1. The summed E-state index contributed by atoms with van der Waals surface area (Å²) in [6.45, 7) is 1.59. The SMILES string of the molecule is CC(=O)c1cc([C@@H](OCc2ccccc2)[C@@H](CO)OCc2ccccc2)cn(-c2ccccc2)c1=O. The zero-order valence-corrected chi connectivity index (χ0v) is 20.1. The van der Waals surface area contributed by atoms with Crippen molar-refractivity contribution in [3.63, 3.8) is 0 Å². The Bertz CT molecular complexity index is 1320. The smallest absolute Gasteiger partial charge is 0.265 e. The standard InChI is InChI=1S/C30H29NO5/c1-22(33)27-17-25(18-31(30(27)34)26-15-9-4-10-16-26)29(36-21-24-13-7-3-8-14-24)28(19-32)35-20-23-11-5-2-6-12-23/h2-18,28-29,32H,19-21H2,1H3/t28-,29-/m1/s1. The van der Waals surface area contributed by atoms with E-state index < -0.39 is 17.8 Å². The second kappa shape index (κ2) is 12.2. The van der Waals surface area contributed by atoms with E-state index in [0.29, 0.717) is 11.3 Å². The minimum absolute atomic E-state index is 0.0458. The van der Waals surface area contributed by atoms with Crippen LogP contribution in [0.1, 0.15) is 40.1 Å². The van der Waals surface area contributed by atoms with Gasteiger partial charge in [-0.1, -0.05) is 78.9 Å². The van der Waals surface area contributed by atoms with E-state index in [1.165, 1.54) is 11.5 Å². The van der Waals surface area contributed by atoms with E-state index in [-0.39, 0.29) is 31.2 Å². The lowest BCUT2D eigenvalue weighted by atomic mass is 10.0. The van der Waals surface area contributed by atoms with E-state index in [1.54, 1.807) is 24.4 Å². The molecule has 0 saturated carbocycles. The molecule has 0 amide bonds. The van der Waals surface area contributed by atoms with Gasteiger partial charge in [-0.2, -0.15) is 0 Å². The molecular weight excluding hydrogens is 454 g/mol. The average Bonchev–Trinajstić information content (AvgIpc) is 2.92. The third-order valence-electron chi connectivity index (χ3n) is 5.88. The molecule has 3 aromatic carbocycles. The number of carbonyl (C=O) groups excluding carboxylic acids is 1. The molecule has 0 unspecified atom stereocenters. The molecule has 1 N–H and O–H groups in total. The van der Waals surface area contributed by atoms with Crippen molar-refractivity contribution in [3.05, 3.63) is 136 Å². The Labute approximate surface area is 210 Å². The number of hydrogen-bond acceptors (Lipinski definition) is 5. The lowest BCUT2D eigenvalue weighted by Gasteiger charge is -2.27. The summed E-state index contributed by atoms with van der Waals surface area (Å²) in [6, 6.07) is 30.0. The first kappa shape index (κ1) is 25.3. The molecule has 6 nitrogen and oxygen atoms in total. The van der Waals surface area contributed by atoms with Gasteiger partial charge in [0, 0.05) is 17.4 Å².